The highest BCUT2D eigenvalue weighted by Gasteiger charge is 2.18. The summed E-state index contributed by atoms with van der Waals surface area (Å²) >= 11 is 0. The van der Waals surface area contributed by atoms with Gasteiger partial charge in [0.1, 0.15) is 5.78 Å². The minimum absolute atomic E-state index is 0.0161. The van der Waals surface area contributed by atoms with Crippen molar-refractivity contribution in [2.24, 2.45) is 0 Å². The number of Topliss-reactive ketones (excluding diaryl/α,β-unsaturated/α-hetero) is 1. The van der Waals surface area contributed by atoms with Crippen LogP contribution in [0, 0.1) is 13.8 Å². The van der Waals surface area contributed by atoms with E-state index in [9.17, 15) is 9.59 Å². The van der Waals surface area contributed by atoms with E-state index in [0.29, 0.717) is 38.3 Å². The zero-order valence-electron chi connectivity index (χ0n) is 11.5. The summed E-state index contributed by atoms with van der Waals surface area (Å²) in [5.41, 5.74) is 3.22. The van der Waals surface area contributed by atoms with Crippen LogP contribution in [0.15, 0.2) is 18.2 Å². The third-order valence-corrected chi connectivity index (χ3v) is 3.57. The van der Waals surface area contributed by atoms with Crippen LogP contribution in [0.2, 0.25) is 0 Å². The second kappa shape index (κ2) is 5.97. The van der Waals surface area contributed by atoms with Gasteiger partial charge in [-0.2, -0.15) is 0 Å². The number of likely N-dealkylation sites (tertiary alicyclic amines) is 1. The van der Waals surface area contributed by atoms with Crippen molar-refractivity contribution in [2.75, 3.05) is 25.0 Å². The van der Waals surface area contributed by atoms with E-state index in [1.807, 2.05) is 36.9 Å². The number of carbonyl (C=O) groups excluding carboxylic acids is 2. The Labute approximate surface area is 113 Å². The highest BCUT2D eigenvalue weighted by atomic mass is 16.2. The van der Waals surface area contributed by atoms with Gasteiger partial charge < -0.3 is 5.32 Å². The zero-order valence-corrected chi connectivity index (χ0v) is 11.5. The molecule has 0 radical (unpaired) electrons. The smallest absolute Gasteiger partial charge is 0.238 e. The summed E-state index contributed by atoms with van der Waals surface area (Å²) in [6.07, 6.45) is 1.13. The molecular formula is C15H20N2O2. The molecule has 1 saturated heterocycles. The molecule has 0 bridgehead atoms. The topological polar surface area (TPSA) is 49.4 Å². The maximum atomic E-state index is 11.9. The number of nitrogens with zero attached hydrogens (tertiary/aromatic N) is 1. The van der Waals surface area contributed by atoms with Gasteiger partial charge in [0.15, 0.2) is 0 Å². The van der Waals surface area contributed by atoms with Gasteiger partial charge in [-0.05, 0) is 37.1 Å². The van der Waals surface area contributed by atoms with Crippen molar-refractivity contribution in [3.8, 4) is 0 Å². The lowest BCUT2D eigenvalue weighted by Gasteiger charge is -2.24. The maximum absolute atomic E-state index is 11.9. The fraction of sp³-hybridized carbons (Fsp3) is 0.467. The van der Waals surface area contributed by atoms with Gasteiger partial charge in [-0.1, -0.05) is 6.07 Å². The number of ketones is 1. The Morgan fingerprint density at radius 3 is 2.53 bits per heavy atom. The first-order chi connectivity index (χ1) is 9.04. The lowest BCUT2D eigenvalue weighted by atomic mass is 10.1. The van der Waals surface area contributed by atoms with E-state index < -0.39 is 0 Å². The van der Waals surface area contributed by atoms with Gasteiger partial charge in [-0.25, -0.2) is 0 Å². The van der Waals surface area contributed by atoms with Crippen molar-refractivity contribution >= 4 is 17.4 Å². The first-order valence-corrected chi connectivity index (χ1v) is 6.66. The molecule has 0 unspecified atom stereocenters. The van der Waals surface area contributed by atoms with E-state index in [2.05, 4.69) is 5.32 Å². The average molecular weight is 260 g/mol. The molecule has 4 nitrogen and oxygen atoms in total. The van der Waals surface area contributed by atoms with E-state index in [1.54, 1.807) is 0 Å². The number of benzene rings is 1. The molecule has 4 heteroatoms. The SMILES string of the molecule is Cc1ccc(NC(=O)CN2CCC(=O)CC2)cc1C. The molecule has 2 rings (SSSR count). The fourth-order valence-corrected chi connectivity index (χ4v) is 2.18. The van der Waals surface area contributed by atoms with Gasteiger partial charge in [0.2, 0.25) is 5.91 Å². The van der Waals surface area contributed by atoms with Gasteiger partial charge in [-0.3, -0.25) is 14.5 Å². The van der Waals surface area contributed by atoms with E-state index in [1.165, 1.54) is 11.1 Å². The molecule has 19 heavy (non-hydrogen) atoms. The van der Waals surface area contributed by atoms with Crippen molar-refractivity contribution < 1.29 is 9.59 Å². The summed E-state index contributed by atoms with van der Waals surface area (Å²) in [5, 5.41) is 2.90. The summed E-state index contributed by atoms with van der Waals surface area (Å²) in [6, 6.07) is 5.90. The van der Waals surface area contributed by atoms with Crippen molar-refractivity contribution in [1.29, 1.82) is 0 Å². The van der Waals surface area contributed by atoms with E-state index in [-0.39, 0.29) is 5.91 Å². The molecular weight excluding hydrogens is 240 g/mol. The highest BCUT2D eigenvalue weighted by molar-refractivity contribution is 5.92. The van der Waals surface area contributed by atoms with E-state index >= 15 is 0 Å². The fourth-order valence-electron chi connectivity index (χ4n) is 2.18. The van der Waals surface area contributed by atoms with E-state index in [0.717, 1.165) is 5.69 Å². The second-order valence-corrected chi connectivity index (χ2v) is 5.16. The zero-order chi connectivity index (χ0) is 13.8. The molecule has 1 fully saturated rings. The number of carbonyl (C=O) groups is 2. The van der Waals surface area contributed by atoms with Crippen LogP contribution >= 0.6 is 0 Å². The molecule has 0 atom stereocenters. The van der Waals surface area contributed by atoms with Gasteiger partial charge in [0.25, 0.3) is 0 Å². The average Bonchev–Trinajstić information content (AvgIpc) is 2.37. The normalized spacial score (nSPS) is 16.4. The van der Waals surface area contributed by atoms with E-state index in [4.69, 9.17) is 0 Å². The number of hydrogen-bond acceptors (Lipinski definition) is 3. The third-order valence-electron chi connectivity index (χ3n) is 3.57. The van der Waals surface area contributed by atoms with Gasteiger partial charge in [0.05, 0.1) is 6.54 Å². The maximum Gasteiger partial charge on any atom is 0.238 e. The molecule has 1 aliphatic rings. The van der Waals surface area contributed by atoms with Crippen LogP contribution in [0.25, 0.3) is 0 Å². The standard InChI is InChI=1S/C15H20N2O2/c1-11-3-4-13(9-12(11)2)16-15(19)10-17-7-5-14(18)6-8-17/h3-4,9H,5-8,10H2,1-2H3,(H,16,19). The molecule has 0 spiro atoms. The number of amides is 1. The summed E-state index contributed by atoms with van der Waals surface area (Å²) < 4.78 is 0. The summed E-state index contributed by atoms with van der Waals surface area (Å²) in [6.45, 7) is 5.82. The van der Waals surface area contributed by atoms with Crippen molar-refractivity contribution in [3.05, 3.63) is 29.3 Å². The third kappa shape index (κ3) is 3.89. The Bertz CT molecular complexity index is 487. The van der Waals surface area contributed by atoms with Crippen LogP contribution in [0.1, 0.15) is 24.0 Å². The predicted octanol–water partition coefficient (Wildman–Crippen LogP) is 1.91. The summed E-state index contributed by atoms with van der Waals surface area (Å²) in [5.74, 6) is 0.281. The molecule has 1 aromatic carbocycles. The van der Waals surface area contributed by atoms with Gasteiger partial charge in [-0.15, -0.1) is 0 Å². The minimum Gasteiger partial charge on any atom is -0.325 e. The lowest BCUT2D eigenvalue weighted by Crippen LogP contribution is -2.39. The minimum atomic E-state index is -0.0161. The molecule has 1 N–H and O–H groups in total. The molecule has 0 aliphatic carbocycles. The van der Waals surface area contributed by atoms with Crippen molar-refractivity contribution in [1.82, 2.24) is 4.90 Å². The Morgan fingerprint density at radius 2 is 1.89 bits per heavy atom. The molecule has 1 amide bonds. The molecule has 102 valence electrons. The first kappa shape index (κ1) is 13.7. The molecule has 1 aliphatic heterocycles. The number of rotatable bonds is 3. The number of piperidine rings is 1. The van der Waals surface area contributed by atoms with Crippen LogP contribution < -0.4 is 5.32 Å². The molecule has 0 aromatic heterocycles. The Kier molecular flexibility index (Phi) is 4.32. The highest BCUT2D eigenvalue weighted by Crippen LogP contribution is 2.14. The predicted molar refractivity (Wildman–Crippen MR) is 75.2 cm³/mol. The van der Waals surface area contributed by atoms with Crippen molar-refractivity contribution in [2.45, 2.75) is 26.7 Å². The number of aryl methyl sites for hydroxylation is 2. The summed E-state index contributed by atoms with van der Waals surface area (Å²) in [4.78, 5) is 25.1. The number of anilines is 1. The molecule has 1 heterocycles. The van der Waals surface area contributed by atoms with Crippen LogP contribution in [-0.4, -0.2) is 36.2 Å². The Hall–Kier alpha value is -1.68. The van der Waals surface area contributed by atoms with Crippen LogP contribution in [0.3, 0.4) is 0 Å². The summed E-state index contributed by atoms with van der Waals surface area (Å²) in [7, 11) is 0. The molecule has 0 saturated carbocycles. The quantitative estimate of drug-likeness (QED) is 0.903. The van der Waals surface area contributed by atoms with Crippen LogP contribution in [-0.2, 0) is 9.59 Å². The lowest BCUT2D eigenvalue weighted by molar-refractivity contribution is -0.124. The second-order valence-electron chi connectivity index (χ2n) is 5.16. The first-order valence-electron chi connectivity index (χ1n) is 6.66. The monoisotopic (exact) mass is 260 g/mol. The largest absolute Gasteiger partial charge is 0.325 e. The number of nitrogens with one attached hydrogen (secondary N) is 1. The number of hydrogen-bond donors (Lipinski definition) is 1. The van der Waals surface area contributed by atoms with Crippen LogP contribution in [0.5, 0.6) is 0 Å². The molecule has 1 aromatic rings. The van der Waals surface area contributed by atoms with Crippen LogP contribution in [0.4, 0.5) is 5.69 Å². The Balaban J connectivity index is 1.87. The van der Waals surface area contributed by atoms with Gasteiger partial charge in [0, 0.05) is 31.6 Å². The Morgan fingerprint density at radius 1 is 1.21 bits per heavy atom. The van der Waals surface area contributed by atoms with Crippen molar-refractivity contribution in [3.63, 3.8) is 0 Å². The van der Waals surface area contributed by atoms with Gasteiger partial charge >= 0.3 is 0 Å².